The molecule has 1 atom stereocenters. The lowest BCUT2D eigenvalue weighted by Gasteiger charge is -2.17. The molecule has 0 saturated heterocycles. The molecule has 0 aliphatic heterocycles. The van der Waals surface area contributed by atoms with E-state index in [-0.39, 0.29) is 6.61 Å². The van der Waals surface area contributed by atoms with Crippen LogP contribution in [0.25, 0.3) is 0 Å². The van der Waals surface area contributed by atoms with Crippen molar-refractivity contribution >= 4 is 13.9 Å². The smallest absolute Gasteiger partial charge is 0.422 e. The number of hydrogen-bond acceptors (Lipinski definition) is 6. The van der Waals surface area contributed by atoms with Crippen LogP contribution in [0.4, 0.5) is 4.79 Å². The molecule has 0 aliphatic carbocycles. The van der Waals surface area contributed by atoms with Crippen molar-refractivity contribution in [1.82, 2.24) is 9.88 Å². The molecule has 1 aromatic carbocycles. The molecule has 0 aliphatic rings. The Morgan fingerprint density at radius 2 is 1.88 bits per heavy atom. The third-order valence-corrected chi connectivity index (χ3v) is 4.26. The number of hydrogen-bond donors (Lipinski definition) is 1. The van der Waals surface area contributed by atoms with Gasteiger partial charge in [-0.1, -0.05) is 36.4 Å². The SMILES string of the molecule is CN(CCc1ccccn1)C(=O)OCOP(=O)(O)OCc1ccccc1. The van der Waals surface area contributed by atoms with Gasteiger partial charge in [0.25, 0.3) is 0 Å². The highest BCUT2D eigenvalue weighted by Gasteiger charge is 2.22. The van der Waals surface area contributed by atoms with Crippen LogP contribution in [-0.2, 0) is 31.4 Å². The van der Waals surface area contributed by atoms with E-state index in [1.165, 1.54) is 4.90 Å². The molecule has 2 rings (SSSR count). The molecule has 1 N–H and O–H groups in total. The number of amides is 1. The molecular weight excluding hydrogens is 359 g/mol. The van der Waals surface area contributed by atoms with Gasteiger partial charge < -0.3 is 14.5 Å². The average molecular weight is 380 g/mol. The van der Waals surface area contributed by atoms with Crippen LogP contribution in [0, 0.1) is 0 Å². The van der Waals surface area contributed by atoms with Gasteiger partial charge in [-0.05, 0) is 17.7 Å². The van der Waals surface area contributed by atoms with Crippen LogP contribution in [0.1, 0.15) is 11.3 Å². The number of carbonyl (C=O) groups is 1. The normalized spacial score (nSPS) is 13.0. The molecule has 1 amide bonds. The van der Waals surface area contributed by atoms with Crippen molar-refractivity contribution in [2.45, 2.75) is 13.0 Å². The van der Waals surface area contributed by atoms with Gasteiger partial charge in [0.15, 0.2) is 0 Å². The summed E-state index contributed by atoms with van der Waals surface area (Å²) >= 11 is 0. The number of pyridine rings is 1. The lowest BCUT2D eigenvalue weighted by atomic mass is 10.2. The fourth-order valence-electron chi connectivity index (χ4n) is 1.94. The zero-order valence-corrected chi connectivity index (χ0v) is 15.2. The van der Waals surface area contributed by atoms with Gasteiger partial charge in [0.05, 0.1) is 6.61 Å². The number of phosphoric acid groups is 1. The van der Waals surface area contributed by atoms with Crippen molar-refractivity contribution in [1.29, 1.82) is 0 Å². The van der Waals surface area contributed by atoms with Crippen molar-refractivity contribution in [3.05, 3.63) is 66.0 Å². The first-order valence-corrected chi connectivity index (χ1v) is 9.39. The standard InChI is InChI=1S/C17H21N2O6P/c1-19(12-10-16-9-5-6-11-18-16)17(20)23-14-25-26(21,22)24-13-15-7-3-2-4-8-15/h2-9,11H,10,12-14H2,1H3,(H,21,22). The number of ether oxygens (including phenoxy) is 1. The van der Waals surface area contributed by atoms with Crippen LogP contribution >= 0.6 is 7.82 Å². The van der Waals surface area contributed by atoms with E-state index in [9.17, 15) is 14.3 Å². The Balaban J connectivity index is 1.66. The predicted molar refractivity (Wildman–Crippen MR) is 94.1 cm³/mol. The molecule has 0 spiro atoms. The van der Waals surface area contributed by atoms with E-state index in [0.29, 0.717) is 13.0 Å². The predicted octanol–water partition coefficient (Wildman–Crippen LogP) is 2.98. The Labute approximate surface area is 152 Å². The molecule has 1 unspecified atom stereocenters. The van der Waals surface area contributed by atoms with Crippen LogP contribution in [0.15, 0.2) is 54.7 Å². The fourth-order valence-corrected chi connectivity index (χ4v) is 2.51. The molecule has 0 bridgehead atoms. The van der Waals surface area contributed by atoms with Crippen molar-refractivity contribution < 1.29 is 28.0 Å². The minimum absolute atomic E-state index is 0.0907. The van der Waals surface area contributed by atoms with Gasteiger partial charge in [-0.25, -0.2) is 13.9 Å². The van der Waals surface area contributed by atoms with Crippen molar-refractivity contribution in [3.8, 4) is 0 Å². The van der Waals surface area contributed by atoms with E-state index in [4.69, 9.17) is 9.26 Å². The van der Waals surface area contributed by atoms with E-state index in [1.807, 2.05) is 24.3 Å². The van der Waals surface area contributed by atoms with Crippen LogP contribution in [0.5, 0.6) is 0 Å². The molecular formula is C17H21N2O6P. The molecule has 26 heavy (non-hydrogen) atoms. The lowest BCUT2D eigenvalue weighted by molar-refractivity contribution is 0.0160. The molecule has 2 aromatic rings. The number of nitrogens with zero attached hydrogens (tertiary/aromatic N) is 2. The Morgan fingerprint density at radius 1 is 1.15 bits per heavy atom. The van der Waals surface area contributed by atoms with Crippen molar-refractivity contribution in [2.75, 3.05) is 20.4 Å². The number of likely N-dealkylation sites (N-methyl/N-ethyl adjacent to an activating group) is 1. The molecule has 0 fully saturated rings. The first-order valence-electron chi connectivity index (χ1n) is 7.90. The minimum atomic E-state index is -4.31. The number of benzene rings is 1. The first-order chi connectivity index (χ1) is 12.5. The van der Waals surface area contributed by atoms with Gasteiger partial charge in [-0.3, -0.25) is 9.51 Å². The quantitative estimate of drug-likeness (QED) is 0.527. The van der Waals surface area contributed by atoms with Gasteiger partial charge in [0.2, 0.25) is 6.79 Å². The molecule has 9 heteroatoms. The van der Waals surface area contributed by atoms with Gasteiger partial charge in [-0.15, -0.1) is 0 Å². The average Bonchev–Trinajstić information content (AvgIpc) is 2.66. The third-order valence-electron chi connectivity index (χ3n) is 3.38. The lowest BCUT2D eigenvalue weighted by Crippen LogP contribution is -2.30. The number of rotatable bonds is 9. The molecule has 1 aromatic heterocycles. The van der Waals surface area contributed by atoms with E-state index in [1.54, 1.807) is 37.5 Å². The first kappa shape index (κ1) is 20.1. The van der Waals surface area contributed by atoms with E-state index >= 15 is 0 Å². The molecule has 140 valence electrons. The third kappa shape index (κ3) is 7.33. The summed E-state index contributed by atoms with van der Waals surface area (Å²) in [5, 5.41) is 0. The number of phosphoric ester groups is 1. The van der Waals surface area contributed by atoms with Gasteiger partial charge in [0, 0.05) is 31.9 Å². The van der Waals surface area contributed by atoms with Crippen molar-refractivity contribution in [2.24, 2.45) is 0 Å². The van der Waals surface area contributed by atoms with Crippen LogP contribution in [0.2, 0.25) is 0 Å². The molecule has 0 radical (unpaired) electrons. The van der Waals surface area contributed by atoms with Crippen LogP contribution < -0.4 is 0 Å². The summed E-state index contributed by atoms with van der Waals surface area (Å²) in [6.45, 7) is -0.390. The summed E-state index contributed by atoms with van der Waals surface area (Å²) in [6, 6.07) is 14.4. The Hall–Kier alpha value is -2.25. The minimum Gasteiger partial charge on any atom is -0.422 e. The second kappa shape index (κ2) is 10.0. The van der Waals surface area contributed by atoms with Crippen LogP contribution in [-0.4, -0.2) is 41.3 Å². The van der Waals surface area contributed by atoms with Gasteiger partial charge in [-0.2, -0.15) is 0 Å². The highest BCUT2D eigenvalue weighted by Crippen LogP contribution is 2.43. The van der Waals surface area contributed by atoms with Gasteiger partial charge in [0.1, 0.15) is 0 Å². The van der Waals surface area contributed by atoms with Gasteiger partial charge >= 0.3 is 13.9 Å². The maximum atomic E-state index is 11.8. The van der Waals surface area contributed by atoms with E-state index in [0.717, 1.165) is 11.3 Å². The second-order valence-electron chi connectivity index (χ2n) is 5.38. The van der Waals surface area contributed by atoms with Crippen molar-refractivity contribution in [3.63, 3.8) is 0 Å². The largest absolute Gasteiger partial charge is 0.475 e. The van der Waals surface area contributed by atoms with E-state index in [2.05, 4.69) is 9.51 Å². The fraction of sp³-hybridized carbons (Fsp3) is 0.294. The Morgan fingerprint density at radius 3 is 2.58 bits per heavy atom. The van der Waals surface area contributed by atoms with E-state index < -0.39 is 20.7 Å². The maximum absolute atomic E-state index is 11.8. The Bertz CT molecular complexity index is 729. The number of carbonyl (C=O) groups excluding carboxylic acids is 1. The summed E-state index contributed by atoms with van der Waals surface area (Å²) in [6.07, 6.45) is 1.56. The Kier molecular flexibility index (Phi) is 7.74. The maximum Gasteiger partial charge on any atom is 0.475 e. The molecule has 8 nitrogen and oxygen atoms in total. The van der Waals surface area contributed by atoms with Crippen LogP contribution in [0.3, 0.4) is 0 Å². The second-order valence-corrected chi connectivity index (χ2v) is 6.83. The topological polar surface area (TPSA) is 98.2 Å². The molecule has 0 saturated carbocycles. The summed E-state index contributed by atoms with van der Waals surface area (Å²) in [5.41, 5.74) is 1.56. The monoisotopic (exact) mass is 380 g/mol. The highest BCUT2D eigenvalue weighted by atomic mass is 31.2. The zero-order chi connectivity index (χ0) is 18.8. The summed E-state index contributed by atoms with van der Waals surface area (Å²) < 4.78 is 26.0. The summed E-state index contributed by atoms with van der Waals surface area (Å²) in [7, 11) is -2.76. The number of aromatic nitrogens is 1. The molecule has 1 heterocycles. The summed E-state index contributed by atoms with van der Waals surface area (Å²) in [5.74, 6) is 0. The summed E-state index contributed by atoms with van der Waals surface area (Å²) in [4.78, 5) is 26.9. The zero-order valence-electron chi connectivity index (χ0n) is 14.4. The highest BCUT2D eigenvalue weighted by molar-refractivity contribution is 7.47.